The first-order valence-corrected chi connectivity index (χ1v) is 39.8. The smallest absolute Gasteiger partial charge is 0.143 e. The van der Waals surface area contributed by atoms with Gasteiger partial charge < -0.3 is 27.1 Å². The summed E-state index contributed by atoms with van der Waals surface area (Å²) in [7, 11) is 0. The molecule has 25 rings (SSSR count). The maximum absolute atomic E-state index is 7.18. The maximum atomic E-state index is 7.18. The highest BCUT2D eigenvalue weighted by Crippen LogP contribution is 2.46. The van der Waals surface area contributed by atoms with E-state index in [0.717, 1.165) is 150 Å². The molecule has 0 aliphatic heterocycles. The molecule has 6 heteroatoms. The Morgan fingerprint density at radius 1 is 0.147 bits per heavy atom. The molecule has 0 bridgehead atoms. The van der Waals surface area contributed by atoms with Crippen LogP contribution in [0.4, 0.5) is 0 Å². The van der Waals surface area contributed by atoms with Gasteiger partial charge in [-0.25, -0.2) is 0 Å². The number of furan rings is 2. The normalized spacial score (nSPS) is 12.1. The molecular formula is C110H66N4O2. The molecule has 6 nitrogen and oxygen atoms in total. The first kappa shape index (κ1) is 64.2. The molecule has 0 radical (unpaired) electrons. The summed E-state index contributed by atoms with van der Waals surface area (Å²) in [6.45, 7) is 0. The average molecular weight is 1480 g/mol. The van der Waals surface area contributed by atoms with Crippen LogP contribution in [0, 0.1) is 0 Å². The van der Waals surface area contributed by atoms with Crippen LogP contribution in [0.15, 0.2) is 409 Å². The number of nitrogens with zero attached hydrogens (tertiary/aromatic N) is 4. The molecule has 6 aromatic heterocycles. The molecule has 0 saturated heterocycles. The molecule has 0 unspecified atom stereocenters. The summed E-state index contributed by atoms with van der Waals surface area (Å²) < 4.78 is 23.5. The SMILES string of the molecule is c1ccc2cc(-c3ccc(-n4c5ccc(-c6ccc(-n7c8ccccc8c8ccc(-c9cccc%10c9oc9ccccc9%10)cc87)cc6)cc5c5ccc(-c6ccc7c(c6)oc6c(-c8ccc9c%10ccccc%10n(-c%10ccc(-c%11ccc%12c(c%11)c%11ccccc%11n%12-c%11ccc%12ccccc%12c%11)cc%10)c9c8)cccc67)cc54)cc3)ccc2c1. The van der Waals surface area contributed by atoms with Crippen LogP contribution in [0.5, 0.6) is 0 Å². The minimum atomic E-state index is 0.843. The maximum Gasteiger partial charge on any atom is 0.143 e. The minimum Gasteiger partial charge on any atom is -0.455 e. The van der Waals surface area contributed by atoms with Gasteiger partial charge in [-0.3, -0.25) is 0 Å². The van der Waals surface area contributed by atoms with E-state index in [0.29, 0.717) is 0 Å². The van der Waals surface area contributed by atoms with Gasteiger partial charge in [-0.15, -0.1) is 0 Å². The van der Waals surface area contributed by atoms with Crippen LogP contribution >= 0.6 is 0 Å². The Hall–Kier alpha value is -15.5. The van der Waals surface area contributed by atoms with Crippen LogP contribution in [-0.2, 0) is 0 Å². The predicted octanol–water partition coefficient (Wildman–Crippen LogP) is 30.2. The standard InChI is InChI=1S/C110H66N4O2/c1-3-17-72-59-74(32-31-67(72)15-1)69-33-46-83(47-34-69)113-102-57-44-76(71-37-50-82(51-38-71)111-99-27-9-5-19-87(99)90-54-42-79(64-105(90)111)85-23-13-25-95-93-22-8-12-30-107(93)115-109(85)95)62-98(102)92-53-40-77(63-104(92)113)78-41-56-94-96-26-14-24-86(110(96)116-108(94)66-78)80-43-55-91-88-20-6-10-28-100(88)112(106(91)65-80)81-48-35-70(36-49-81)75-45-58-103-97(61-75)89-21-7-11-29-101(89)114(103)84-52-39-68-16-2-4-18-73(68)60-84/h1-66H. The third-order valence-corrected chi connectivity index (χ3v) is 24.8. The number of aromatic nitrogens is 4. The van der Waals surface area contributed by atoms with Gasteiger partial charge in [0.25, 0.3) is 0 Å². The lowest BCUT2D eigenvalue weighted by atomic mass is 9.99. The van der Waals surface area contributed by atoms with E-state index >= 15 is 0 Å². The Morgan fingerprint density at radius 2 is 0.457 bits per heavy atom. The van der Waals surface area contributed by atoms with Gasteiger partial charge in [-0.2, -0.15) is 0 Å². The Bertz CT molecular complexity index is 8450. The van der Waals surface area contributed by atoms with Gasteiger partial charge in [0.2, 0.25) is 0 Å². The monoisotopic (exact) mass is 1470 g/mol. The Kier molecular flexibility index (Phi) is 13.8. The zero-order valence-corrected chi connectivity index (χ0v) is 62.7. The number of benzene rings is 19. The van der Waals surface area contributed by atoms with Gasteiger partial charge in [0, 0.05) is 98.5 Å². The Morgan fingerprint density at radius 3 is 0.983 bits per heavy atom. The van der Waals surface area contributed by atoms with E-state index in [1.807, 2.05) is 6.07 Å². The molecule has 0 aliphatic rings. The molecule has 116 heavy (non-hydrogen) atoms. The largest absolute Gasteiger partial charge is 0.455 e. The summed E-state index contributed by atoms with van der Waals surface area (Å²) in [5.74, 6) is 0. The fourth-order valence-corrected chi connectivity index (χ4v) is 19.2. The van der Waals surface area contributed by atoms with Crippen LogP contribution in [0.1, 0.15) is 0 Å². The van der Waals surface area contributed by atoms with Crippen molar-refractivity contribution in [2.45, 2.75) is 0 Å². The molecule has 25 aromatic rings. The van der Waals surface area contributed by atoms with Crippen LogP contribution in [-0.4, -0.2) is 18.3 Å². The molecule has 0 atom stereocenters. The van der Waals surface area contributed by atoms with Crippen molar-refractivity contribution in [1.29, 1.82) is 0 Å². The van der Waals surface area contributed by atoms with Crippen LogP contribution in [0.3, 0.4) is 0 Å². The summed E-state index contributed by atoms with van der Waals surface area (Å²) in [6, 6.07) is 147. The molecule has 0 amide bonds. The predicted molar refractivity (Wildman–Crippen MR) is 486 cm³/mol. The topological polar surface area (TPSA) is 46.0 Å². The second-order valence-corrected chi connectivity index (χ2v) is 31.1. The number of hydrogen-bond acceptors (Lipinski definition) is 2. The van der Waals surface area contributed by atoms with Crippen molar-refractivity contribution < 1.29 is 8.83 Å². The summed E-state index contributed by atoms with van der Waals surface area (Å²) in [4.78, 5) is 0. The molecule has 0 fully saturated rings. The zero-order chi connectivity index (χ0) is 75.8. The number of rotatable bonds is 10. The van der Waals surface area contributed by atoms with Gasteiger partial charge in [-0.05, 0) is 211 Å². The summed E-state index contributed by atoms with van der Waals surface area (Å²) in [6.07, 6.45) is 0. The van der Waals surface area contributed by atoms with Crippen molar-refractivity contribution in [3.63, 3.8) is 0 Å². The average Bonchev–Trinajstić information content (AvgIpc) is 1.59. The molecule has 0 spiro atoms. The van der Waals surface area contributed by atoms with E-state index in [2.05, 4.69) is 413 Å². The first-order chi connectivity index (χ1) is 57.5. The van der Waals surface area contributed by atoms with Crippen molar-refractivity contribution in [2.75, 3.05) is 0 Å². The van der Waals surface area contributed by atoms with E-state index in [9.17, 15) is 0 Å². The highest BCUT2D eigenvalue weighted by Gasteiger charge is 2.23. The van der Waals surface area contributed by atoms with Crippen molar-refractivity contribution in [3.05, 3.63) is 400 Å². The van der Waals surface area contributed by atoms with Crippen molar-refractivity contribution in [3.8, 4) is 89.5 Å². The van der Waals surface area contributed by atoms with Crippen LogP contribution < -0.4 is 0 Å². The lowest BCUT2D eigenvalue weighted by molar-refractivity contribution is 0.669. The number of para-hydroxylation sites is 6. The lowest BCUT2D eigenvalue weighted by Gasteiger charge is -2.12. The third kappa shape index (κ3) is 9.84. The van der Waals surface area contributed by atoms with E-state index in [1.165, 1.54) is 92.4 Å². The number of fused-ring (bicyclic) bond motifs is 20. The fourth-order valence-electron chi connectivity index (χ4n) is 19.2. The van der Waals surface area contributed by atoms with Crippen molar-refractivity contribution >= 4 is 153 Å². The summed E-state index contributed by atoms with van der Waals surface area (Å²) in [5, 5.41) is 19.0. The first-order valence-electron chi connectivity index (χ1n) is 39.8. The van der Waals surface area contributed by atoms with Crippen molar-refractivity contribution in [1.82, 2.24) is 18.3 Å². The van der Waals surface area contributed by atoms with Gasteiger partial charge in [-0.1, -0.05) is 267 Å². The fraction of sp³-hybridized carbons (Fsp3) is 0. The van der Waals surface area contributed by atoms with Crippen LogP contribution in [0.25, 0.3) is 242 Å². The van der Waals surface area contributed by atoms with Gasteiger partial charge in [0.05, 0.1) is 44.1 Å². The zero-order valence-electron chi connectivity index (χ0n) is 62.7. The molecule has 0 N–H and O–H groups in total. The number of hydrogen-bond donors (Lipinski definition) is 0. The molecular weight excluding hydrogens is 1410 g/mol. The third-order valence-electron chi connectivity index (χ3n) is 24.8. The molecule has 0 saturated carbocycles. The van der Waals surface area contributed by atoms with Crippen LogP contribution in [0.2, 0.25) is 0 Å². The van der Waals surface area contributed by atoms with E-state index < -0.39 is 0 Å². The lowest BCUT2D eigenvalue weighted by Crippen LogP contribution is -1.95. The quantitative estimate of drug-likeness (QED) is 0.137. The highest BCUT2D eigenvalue weighted by atomic mass is 16.3. The van der Waals surface area contributed by atoms with E-state index in [-0.39, 0.29) is 0 Å². The minimum absolute atomic E-state index is 0.843. The summed E-state index contributed by atoms with van der Waals surface area (Å²) >= 11 is 0. The van der Waals surface area contributed by atoms with Gasteiger partial charge in [0.15, 0.2) is 0 Å². The highest BCUT2D eigenvalue weighted by molar-refractivity contribution is 6.18. The van der Waals surface area contributed by atoms with E-state index in [1.54, 1.807) is 0 Å². The second kappa shape index (κ2) is 25.0. The Labute approximate surface area is 665 Å². The Balaban J connectivity index is 0.566. The molecule has 6 heterocycles. The molecule has 538 valence electrons. The molecule has 0 aliphatic carbocycles. The van der Waals surface area contributed by atoms with Gasteiger partial charge in [0.1, 0.15) is 22.3 Å². The van der Waals surface area contributed by atoms with E-state index in [4.69, 9.17) is 8.83 Å². The molecule has 19 aromatic carbocycles. The second-order valence-electron chi connectivity index (χ2n) is 31.1. The summed E-state index contributed by atoms with van der Waals surface area (Å²) in [5.41, 5.74) is 30.7. The van der Waals surface area contributed by atoms with Gasteiger partial charge >= 0.3 is 0 Å². The van der Waals surface area contributed by atoms with Crippen molar-refractivity contribution in [2.24, 2.45) is 0 Å².